The molecule has 2 rings (SSSR count). The third kappa shape index (κ3) is 4.81. The fourth-order valence-corrected chi connectivity index (χ4v) is 5.00. The molecule has 1 heteroatoms. The zero-order valence-electron chi connectivity index (χ0n) is 15.6. The zero-order valence-corrected chi connectivity index (χ0v) is 16.6. The van der Waals surface area contributed by atoms with Gasteiger partial charge in [0, 0.05) is 0 Å². The molecule has 0 bridgehead atoms. The van der Waals surface area contributed by atoms with Crippen LogP contribution in [0, 0.1) is 0 Å². The van der Waals surface area contributed by atoms with E-state index < -0.39 is 0 Å². The molecule has 0 radical (unpaired) electrons. The molecule has 0 aliphatic carbocycles. The second-order valence-electron chi connectivity index (χ2n) is 7.08. The zero-order chi connectivity index (χ0) is 17.5. The molecule has 0 heterocycles. The Labute approximate surface area is 150 Å². The molecule has 0 spiro atoms. The van der Waals surface area contributed by atoms with Crippen molar-refractivity contribution in [2.75, 3.05) is 0 Å². The molecule has 0 aliphatic rings. The Balaban J connectivity index is 2.41. The highest BCUT2D eigenvalue weighted by atomic mass is 31.1. The summed E-state index contributed by atoms with van der Waals surface area (Å²) in [7, 11) is 0.745. The van der Waals surface area contributed by atoms with Crippen LogP contribution in [0.15, 0.2) is 55.1 Å². The van der Waals surface area contributed by atoms with Gasteiger partial charge in [-0.3, -0.25) is 0 Å². The van der Waals surface area contributed by atoms with Crippen LogP contribution in [0.3, 0.4) is 0 Å². The average molecular weight is 338 g/mol. The summed E-state index contributed by atoms with van der Waals surface area (Å²) >= 11 is 0. The maximum Gasteiger partial charge on any atom is -0.0160 e. The maximum absolute atomic E-state index is 3.86. The molecule has 0 nitrogen and oxygen atoms in total. The third-order valence-corrected chi connectivity index (χ3v) is 6.09. The number of hydrogen-bond acceptors (Lipinski definition) is 0. The Kier molecular flexibility index (Phi) is 7.25. The highest BCUT2D eigenvalue weighted by molar-refractivity contribution is 7.55. The van der Waals surface area contributed by atoms with Crippen LogP contribution in [0.1, 0.15) is 69.1 Å². The molecule has 2 aromatic rings. The van der Waals surface area contributed by atoms with Crippen molar-refractivity contribution in [3.8, 4) is 0 Å². The van der Waals surface area contributed by atoms with E-state index in [1.54, 1.807) is 5.30 Å². The molecule has 0 N–H and O–H groups in total. The van der Waals surface area contributed by atoms with E-state index in [2.05, 4.69) is 76.7 Å². The predicted molar refractivity (Wildman–Crippen MR) is 112 cm³/mol. The van der Waals surface area contributed by atoms with E-state index in [-0.39, 0.29) is 0 Å². The smallest absolute Gasteiger partial charge is 0.0160 e. The van der Waals surface area contributed by atoms with Crippen LogP contribution < -0.4 is 10.6 Å². The summed E-state index contributed by atoms with van der Waals surface area (Å²) < 4.78 is 0. The summed E-state index contributed by atoms with van der Waals surface area (Å²) in [6, 6.07) is 15.9. The minimum Gasteiger partial charge on any atom is -0.103 e. The first-order valence-electron chi connectivity index (χ1n) is 9.13. The Hall–Kier alpha value is -1.39. The second kappa shape index (κ2) is 9.19. The number of hydrogen-bond donors (Lipinski definition) is 0. The SMILES string of the molecule is C=CCCCc1cccc(C(C)C)c1Pc1ccccc1C(C)C. The van der Waals surface area contributed by atoms with Crippen molar-refractivity contribution < 1.29 is 0 Å². The standard InChI is InChI=1S/C23H31P/c1-6-7-8-12-19-13-11-15-21(18(4)5)23(19)24-22-16-10-9-14-20(22)17(2)3/h6,9-11,13-18,24H,1,7-8,12H2,2-5H3. The Morgan fingerprint density at radius 3 is 2.25 bits per heavy atom. The second-order valence-corrected chi connectivity index (χ2v) is 8.37. The van der Waals surface area contributed by atoms with Crippen molar-refractivity contribution in [2.45, 2.75) is 58.8 Å². The van der Waals surface area contributed by atoms with Crippen LogP contribution >= 0.6 is 8.58 Å². The molecule has 1 atom stereocenters. The van der Waals surface area contributed by atoms with E-state index in [0.717, 1.165) is 21.4 Å². The quantitative estimate of drug-likeness (QED) is 0.311. The number of allylic oxidation sites excluding steroid dienone is 1. The van der Waals surface area contributed by atoms with Crippen molar-refractivity contribution >= 4 is 19.2 Å². The fourth-order valence-electron chi connectivity index (χ4n) is 3.15. The van der Waals surface area contributed by atoms with Gasteiger partial charge in [-0.25, -0.2) is 0 Å². The maximum atomic E-state index is 3.86. The van der Waals surface area contributed by atoms with E-state index in [1.165, 1.54) is 28.4 Å². The highest BCUT2D eigenvalue weighted by Gasteiger charge is 2.14. The van der Waals surface area contributed by atoms with Crippen LogP contribution in [-0.2, 0) is 6.42 Å². The van der Waals surface area contributed by atoms with Crippen molar-refractivity contribution in [1.82, 2.24) is 0 Å². The van der Waals surface area contributed by atoms with Crippen molar-refractivity contribution in [3.05, 3.63) is 71.8 Å². The third-order valence-electron chi connectivity index (χ3n) is 4.50. The number of rotatable bonds is 8. The van der Waals surface area contributed by atoms with E-state index in [0.29, 0.717) is 11.8 Å². The van der Waals surface area contributed by atoms with Crippen LogP contribution in [0.5, 0.6) is 0 Å². The largest absolute Gasteiger partial charge is 0.103 e. The van der Waals surface area contributed by atoms with Gasteiger partial charge >= 0.3 is 0 Å². The minimum atomic E-state index is 0.568. The first-order valence-corrected chi connectivity index (χ1v) is 10.1. The van der Waals surface area contributed by atoms with E-state index in [1.807, 2.05) is 6.08 Å². The van der Waals surface area contributed by atoms with Gasteiger partial charge in [-0.15, -0.1) is 6.58 Å². The molecule has 1 unspecified atom stereocenters. The lowest BCUT2D eigenvalue weighted by atomic mass is 9.98. The van der Waals surface area contributed by atoms with Gasteiger partial charge in [-0.1, -0.05) is 84.8 Å². The van der Waals surface area contributed by atoms with Gasteiger partial charge in [0.15, 0.2) is 0 Å². The summed E-state index contributed by atoms with van der Waals surface area (Å²) in [5.74, 6) is 1.14. The molecule has 0 amide bonds. The molecule has 128 valence electrons. The predicted octanol–water partition coefficient (Wildman–Crippen LogP) is 6.07. The first-order chi connectivity index (χ1) is 11.5. The Morgan fingerprint density at radius 1 is 0.917 bits per heavy atom. The topological polar surface area (TPSA) is 0 Å². The van der Waals surface area contributed by atoms with Crippen molar-refractivity contribution in [3.63, 3.8) is 0 Å². The number of benzene rings is 2. The minimum absolute atomic E-state index is 0.568. The summed E-state index contributed by atoms with van der Waals surface area (Å²) in [5, 5.41) is 3.08. The lowest BCUT2D eigenvalue weighted by Gasteiger charge is -2.20. The summed E-state index contributed by atoms with van der Waals surface area (Å²) in [4.78, 5) is 0. The van der Waals surface area contributed by atoms with Crippen LogP contribution in [-0.4, -0.2) is 0 Å². The van der Waals surface area contributed by atoms with Crippen LogP contribution in [0.25, 0.3) is 0 Å². The van der Waals surface area contributed by atoms with Gasteiger partial charge in [-0.2, -0.15) is 0 Å². The average Bonchev–Trinajstić information content (AvgIpc) is 2.56. The van der Waals surface area contributed by atoms with Gasteiger partial charge < -0.3 is 0 Å². The fraction of sp³-hybridized carbons (Fsp3) is 0.391. The lowest BCUT2D eigenvalue weighted by molar-refractivity contribution is 0.836. The van der Waals surface area contributed by atoms with E-state index in [9.17, 15) is 0 Å². The number of aryl methyl sites for hydroxylation is 1. The van der Waals surface area contributed by atoms with Gasteiger partial charge in [-0.05, 0) is 58.4 Å². The molecular formula is C23H31P. The lowest BCUT2D eigenvalue weighted by Crippen LogP contribution is -2.18. The highest BCUT2D eigenvalue weighted by Crippen LogP contribution is 2.26. The Morgan fingerprint density at radius 2 is 1.58 bits per heavy atom. The van der Waals surface area contributed by atoms with E-state index in [4.69, 9.17) is 0 Å². The van der Waals surface area contributed by atoms with Gasteiger partial charge in [0.25, 0.3) is 0 Å². The molecule has 2 aromatic carbocycles. The normalized spacial score (nSPS) is 11.8. The molecule has 0 aromatic heterocycles. The van der Waals surface area contributed by atoms with Gasteiger partial charge in [0.05, 0.1) is 0 Å². The van der Waals surface area contributed by atoms with Gasteiger partial charge in [0.2, 0.25) is 0 Å². The monoisotopic (exact) mass is 338 g/mol. The molecule has 0 saturated heterocycles. The van der Waals surface area contributed by atoms with Crippen LogP contribution in [0.4, 0.5) is 0 Å². The molecule has 24 heavy (non-hydrogen) atoms. The molecule has 0 saturated carbocycles. The Bertz CT molecular complexity index is 667. The summed E-state index contributed by atoms with van der Waals surface area (Å²) in [6.45, 7) is 13.1. The summed E-state index contributed by atoms with van der Waals surface area (Å²) in [5.41, 5.74) is 4.54. The molecule has 0 aliphatic heterocycles. The van der Waals surface area contributed by atoms with Crippen molar-refractivity contribution in [2.24, 2.45) is 0 Å². The molecule has 0 fully saturated rings. The summed E-state index contributed by atoms with van der Waals surface area (Å²) in [6.07, 6.45) is 5.46. The number of unbranched alkanes of at least 4 members (excludes halogenated alkanes) is 1. The van der Waals surface area contributed by atoms with Gasteiger partial charge in [0.1, 0.15) is 0 Å². The van der Waals surface area contributed by atoms with Crippen LogP contribution in [0.2, 0.25) is 0 Å². The van der Waals surface area contributed by atoms with E-state index >= 15 is 0 Å². The van der Waals surface area contributed by atoms with Crippen molar-refractivity contribution in [1.29, 1.82) is 0 Å². The first kappa shape index (κ1) is 18.9. The molecular weight excluding hydrogens is 307 g/mol.